The highest BCUT2D eigenvalue weighted by Gasteiger charge is 2.58. The number of rotatable bonds is 5. The predicted octanol–water partition coefficient (Wildman–Crippen LogP) is 1.89. The molecule has 2 saturated carbocycles. The second-order valence-corrected chi connectivity index (χ2v) is 8.83. The van der Waals surface area contributed by atoms with Crippen molar-refractivity contribution in [3.63, 3.8) is 0 Å². The van der Waals surface area contributed by atoms with Gasteiger partial charge < -0.3 is 20.3 Å². The van der Waals surface area contributed by atoms with Crippen molar-refractivity contribution in [3.05, 3.63) is 35.9 Å². The van der Waals surface area contributed by atoms with E-state index in [2.05, 4.69) is 5.32 Å². The van der Waals surface area contributed by atoms with Gasteiger partial charge in [-0.25, -0.2) is 0 Å². The summed E-state index contributed by atoms with van der Waals surface area (Å²) in [7, 11) is 0. The fourth-order valence-corrected chi connectivity index (χ4v) is 5.86. The first kappa shape index (κ1) is 18.3. The minimum absolute atomic E-state index is 0.00275. The molecule has 3 fully saturated rings. The van der Waals surface area contributed by atoms with Gasteiger partial charge in [0.15, 0.2) is 0 Å². The zero-order valence-corrected chi connectivity index (χ0v) is 15.6. The smallest absolute Gasteiger partial charge is 0.230 e. The second-order valence-electron chi connectivity index (χ2n) is 7.68. The van der Waals surface area contributed by atoms with Gasteiger partial charge in [0.05, 0.1) is 18.0 Å². The lowest BCUT2D eigenvalue weighted by Gasteiger charge is -2.37. The van der Waals surface area contributed by atoms with Crippen molar-refractivity contribution in [3.8, 4) is 0 Å². The minimum atomic E-state index is -0.750. The van der Waals surface area contributed by atoms with E-state index in [1.807, 2.05) is 30.3 Å². The molecule has 4 rings (SSSR count). The van der Waals surface area contributed by atoms with E-state index in [1.165, 1.54) is 0 Å². The van der Waals surface area contributed by atoms with Gasteiger partial charge in [0, 0.05) is 24.5 Å². The van der Waals surface area contributed by atoms with E-state index in [-0.39, 0.29) is 35.1 Å². The van der Waals surface area contributed by atoms with Crippen molar-refractivity contribution in [1.82, 2.24) is 5.32 Å². The van der Waals surface area contributed by atoms with Crippen LogP contribution < -0.4 is 5.32 Å². The van der Waals surface area contributed by atoms with Crippen LogP contribution in [-0.4, -0.2) is 52.2 Å². The van der Waals surface area contributed by atoms with Gasteiger partial charge in [-0.3, -0.25) is 4.79 Å². The number of hydrogen-bond donors (Lipinski definition) is 3. The van der Waals surface area contributed by atoms with E-state index in [9.17, 15) is 15.0 Å². The maximum atomic E-state index is 12.6. The molecular formula is C20H27NO4S. The van der Waals surface area contributed by atoms with Crippen LogP contribution in [0.15, 0.2) is 30.3 Å². The Morgan fingerprint density at radius 3 is 2.65 bits per heavy atom. The predicted molar refractivity (Wildman–Crippen MR) is 101 cm³/mol. The van der Waals surface area contributed by atoms with E-state index >= 15 is 0 Å². The number of hydrogen-bond acceptors (Lipinski definition) is 5. The Morgan fingerprint density at radius 2 is 1.92 bits per heavy atom. The monoisotopic (exact) mass is 377 g/mol. The number of aliphatic hydroxyl groups excluding tert-OH is 2. The van der Waals surface area contributed by atoms with Crippen LogP contribution in [0.1, 0.15) is 37.2 Å². The average Bonchev–Trinajstić information content (AvgIpc) is 3.18. The molecule has 6 heteroatoms. The molecule has 2 bridgehead atoms. The lowest BCUT2D eigenvalue weighted by atomic mass is 9.77. The van der Waals surface area contributed by atoms with Crippen molar-refractivity contribution in [2.75, 3.05) is 12.4 Å². The highest BCUT2D eigenvalue weighted by atomic mass is 32.2. The number of nitrogens with one attached hydrogen (secondary N) is 1. The number of benzene rings is 1. The first-order valence-corrected chi connectivity index (χ1v) is 10.6. The summed E-state index contributed by atoms with van der Waals surface area (Å²) in [5.41, 5.74) is 1.24. The zero-order valence-electron chi connectivity index (χ0n) is 14.8. The van der Waals surface area contributed by atoms with Crippen molar-refractivity contribution >= 4 is 17.7 Å². The number of aliphatic hydroxyl groups is 2. The Balaban J connectivity index is 1.42. The number of amides is 1. The Bertz CT molecular complexity index is 621. The van der Waals surface area contributed by atoms with Crippen LogP contribution in [-0.2, 0) is 9.53 Å². The van der Waals surface area contributed by atoms with Gasteiger partial charge in [0.1, 0.15) is 5.44 Å². The molecule has 5 nitrogen and oxygen atoms in total. The largest absolute Gasteiger partial charge is 0.390 e. The topological polar surface area (TPSA) is 78.8 Å². The Labute approximate surface area is 158 Å². The molecular weight excluding hydrogens is 350 g/mol. The highest BCUT2D eigenvalue weighted by Crippen LogP contribution is 2.53. The summed E-state index contributed by atoms with van der Waals surface area (Å²) in [6, 6.07) is 9.92. The summed E-state index contributed by atoms with van der Waals surface area (Å²) in [6.07, 6.45) is 2.57. The van der Waals surface area contributed by atoms with Crippen LogP contribution in [0, 0.1) is 11.8 Å². The van der Waals surface area contributed by atoms with Gasteiger partial charge in [-0.05, 0) is 37.2 Å². The van der Waals surface area contributed by atoms with Crippen LogP contribution >= 0.6 is 11.8 Å². The quantitative estimate of drug-likeness (QED) is 0.730. The zero-order chi connectivity index (χ0) is 18.1. The van der Waals surface area contributed by atoms with Crippen LogP contribution in [0.2, 0.25) is 0 Å². The lowest BCUT2D eigenvalue weighted by molar-refractivity contribution is -0.120. The van der Waals surface area contributed by atoms with E-state index in [0.717, 1.165) is 37.9 Å². The molecule has 1 heterocycles. The van der Waals surface area contributed by atoms with Crippen LogP contribution in [0.3, 0.4) is 0 Å². The fraction of sp³-hybridized carbons (Fsp3) is 0.650. The molecule has 2 aliphatic carbocycles. The first-order chi connectivity index (χ1) is 12.6. The summed E-state index contributed by atoms with van der Waals surface area (Å²) in [5.74, 6) is 0.333. The van der Waals surface area contributed by atoms with E-state index < -0.39 is 12.2 Å². The number of carbonyl (C=O) groups excluding carboxylic acids is 1. The molecule has 0 spiro atoms. The van der Waals surface area contributed by atoms with Gasteiger partial charge in [0.25, 0.3) is 0 Å². The summed E-state index contributed by atoms with van der Waals surface area (Å²) < 4.78 is 5.68. The molecule has 1 aromatic rings. The average molecular weight is 378 g/mol. The van der Waals surface area contributed by atoms with E-state index in [1.54, 1.807) is 11.8 Å². The van der Waals surface area contributed by atoms with E-state index in [0.29, 0.717) is 5.75 Å². The molecule has 1 aliphatic heterocycles. The molecule has 0 aromatic heterocycles. The van der Waals surface area contributed by atoms with Crippen molar-refractivity contribution in [2.45, 2.75) is 55.3 Å². The number of ether oxygens (including phenoxy) is 1. The molecule has 7 atom stereocenters. The highest BCUT2D eigenvalue weighted by molar-refractivity contribution is 8.00. The Kier molecular flexibility index (Phi) is 5.55. The maximum Gasteiger partial charge on any atom is 0.230 e. The molecule has 1 amide bonds. The third kappa shape index (κ3) is 3.52. The number of thioether (sulfide) groups is 1. The molecule has 3 N–H and O–H groups in total. The van der Waals surface area contributed by atoms with Crippen molar-refractivity contribution in [2.24, 2.45) is 11.8 Å². The van der Waals surface area contributed by atoms with Crippen LogP contribution in [0.4, 0.5) is 0 Å². The van der Waals surface area contributed by atoms with Gasteiger partial charge in [-0.2, -0.15) is 0 Å². The SMILES string of the molecule is O=C(CSC1CCCCO1)N[C@H]1[C@@H]2C[C@@H]([C@@H](O)[C@H]2O)[C@@H]1c1ccccc1. The van der Waals surface area contributed by atoms with Crippen LogP contribution in [0.5, 0.6) is 0 Å². The standard InChI is InChI=1S/C20H27NO4S/c22-15(11-26-16-8-4-5-9-25-16)21-18-14-10-13(19(23)20(14)24)17(18)12-6-2-1-3-7-12/h1-3,6-7,13-14,16-20,23-24H,4-5,8-11H2,(H,21,22)/t13-,14+,16?,17+,18+,19-,20+/m1/s1. The Hall–Kier alpha value is -1.08. The summed E-state index contributed by atoms with van der Waals surface area (Å²) >= 11 is 1.56. The summed E-state index contributed by atoms with van der Waals surface area (Å²) in [4.78, 5) is 12.6. The Morgan fingerprint density at radius 1 is 1.15 bits per heavy atom. The van der Waals surface area contributed by atoms with Gasteiger partial charge in [-0.15, -0.1) is 11.8 Å². The third-order valence-electron chi connectivity index (χ3n) is 6.13. The summed E-state index contributed by atoms with van der Waals surface area (Å²) in [5, 5.41) is 23.9. The second kappa shape index (κ2) is 7.89. The lowest BCUT2D eigenvalue weighted by Crippen LogP contribution is -2.52. The molecule has 142 valence electrons. The summed E-state index contributed by atoms with van der Waals surface area (Å²) in [6.45, 7) is 0.784. The van der Waals surface area contributed by atoms with Gasteiger partial charge in [-0.1, -0.05) is 30.3 Å². The van der Waals surface area contributed by atoms with Gasteiger partial charge in [0.2, 0.25) is 5.91 Å². The molecule has 26 heavy (non-hydrogen) atoms. The number of carbonyl (C=O) groups is 1. The van der Waals surface area contributed by atoms with E-state index in [4.69, 9.17) is 4.74 Å². The van der Waals surface area contributed by atoms with Crippen LogP contribution in [0.25, 0.3) is 0 Å². The van der Waals surface area contributed by atoms with Crippen molar-refractivity contribution in [1.29, 1.82) is 0 Å². The minimum Gasteiger partial charge on any atom is -0.390 e. The molecule has 0 radical (unpaired) electrons. The maximum absolute atomic E-state index is 12.6. The molecule has 1 saturated heterocycles. The number of fused-ring (bicyclic) bond motifs is 2. The van der Waals surface area contributed by atoms with Gasteiger partial charge >= 0.3 is 0 Å². The molecule has 1 aromatic carbocycles. The molecule has 1 unspecified atom stereocenters. The molecule has 3 aliphatic rings. The normalized spacial score (nSPS) is 39.1. The first-order valence-electron chi connectivity index (χ1n) is 9.59. The third-order valence-corrected chi connectivity index (χ3v) is 7.30. The fourth-order valence-electron chi connectivity index (χ4n) is 4.92. The van der Waals surface area contributed by atoms with Crippen molar-refractivity contribution < 1.29 is 19.7 Å².